The SMILES string of the molecule is CCCC1CCCCN1Cc1cc(B(O)O)ccc1OC. The predicted molar refractivity (Wildman–Crippen MR) is 85.8 cm³/mol. The molecule has 1 aliphatic heterocycles. The van der Waals surface area contributed by atoms with E-state index in [0.29, 0.717) is 11.5 Å². The van der Waals surface area contributed by atoms with Crippen LogP contribution in [0.1, 0.15) is 44.6 Å². The lowest BCUT2D eigenvalue weighted by molar-refractivity contribution is 0.130. The Labute approximate surface area is 127 Å². The lowest BCUT2D eigenvalue weighted by Gasteiger charge is -2.36. The number of rotatable bonds is 6. The number of ether oxygens (including phenoxy) is 1. The minimum atomic E-state index is -1.43. The molecule has 1 aliphatic rings. The van der Waals surface area contributed by atoms with E-state index >= 15 is 0 Å². The van der Waals surface area contributed by atoms with Gasteiger partial charge in [0.15, 0.2) is 0 Å². The van der Waals surface area contributed by atoms with E-state index in [1.54, 1.807) is 13.2 Å². The molecule has 1 heterocycles. The van der Waals surface area contributed by atoms with E-state index in [-0.39, 0.29) is 0 Å². The van der Waals surface area contributed by atoms with Crippen LogP contribution in [0, 0.1) is 0 Å². The maximum absolute atomic E-state index is 9.35. The fraction of sp³-hybridized carbons (Fsp3) is 0.625. The molecule has 0 saturated carbocycles. The summed E-state index contributed by atoms with van der Waals surface area (Å²) in [6.45, 7) is 4.16. The molecule has 4 nitrogen and oxygen atoms in total. The molecule has 2 N–H and O–H groups in total. The molecule has 5 heteroatoms. The van der Waals surface area contributed by atoms with Gasteiger partial charge >= 0.3 is 7.12 Å². The third-order valence-corrected chi connectivity index (χ3v) is 4.35. The molecule has 0 bridgehead atoms. The fourth-order valence-electron chi connectivity index (χ4n) is 3.23. The second kappa shape index (κ2) is 7.83. The topological polar surface area (TPSA) is 52.9 Å². The predicted octanol–water partition coefficient (Wildman–Crippen LogP) is 1.53. The van der Waals surface area contributed by atoms with E-state index in [1.165, 1.54) is 32.1 Å². The van der Waals surface area contributed by atoms with Gasteiger partial charge in [-0.3, -0.25) is 4.90 Å². The van der Waals surface area contributed by atoms with E-state index in [2.05, 4.69) is 11.8 Å². The zero-order valence-corrected chi connectivity index (χ0v) is 13.1. The van der Waals surface area contributed by atoms with Crippen LogP contribution in [-0.4, -0.2) is 41.8 Å². The minimum Gasteiger partial charge on any atom is -0.496 e. The standard InChI is InChI=1S/C16H26BNO3/c1-3-6-15-7-4-5-10-18(15)12-13-11-14(17(19)20)8-9-16(13)21-2/h8-9,11,15,19-20H,3-7,10,12H2,1-2H3. The maximum atomic E-state index is 9.35. The minimum absolute atomic E-state index is 0.523. The quantitative estimate of drug-likeness (QED) is 0.781. The zero-order valence-electron chi connectivity index (χ0n) is 13.1. The van der Waals surface area contributed by atoms with Crippen molar-refractivity contribution in [2.75, 3.05) is 13.7 Å². The average molecular weight is 291 g/mol. The molecule has 2 rings (SSSR count). The summed E-state index contributed by atoms with van der Waals surface area (Å²) in [7, 11) is 0.232. The Balaban J connectivity index is 2.17. The summed E-state index contributed by atoms with van der Waals surface area (Å²) in [5.74, 6) is 0.820. The molecule has 1 atom stereocenters. The molecule has 116 valence electrons. The largest absolute Gasteiger partial charge is 0.496 e. The highest BCUT2D eigenvalue weighted by atomic mass is 16.5. The average Bonchev–Trinajstić information content (AvgIpc) is 2.49. The van der Waals surface area contributed by atoms with Gasteiger partial charge in [-0.15, -0.1) is 0 Å². The summed E-state index contributed by atoms with van der Waals surface area (Å²) in [4.78, 5) is 2.51. The van der Waals surface area contributed by atoms with Crippen LogP contribution < -0.4 is 10.2 Å². The molecule has 1 saturated heterocycles. The van der Waals surface area contributed by atoms with Gasteiger partial charge in [0.2, 0.25) is 0 Å². The van der Waals surface area contributed by atoms with E-state index in [9.17, 15) is 10.0 Å². The Hall–Kier alpha value is -1.04. The summed E-state index contributed by atoms with van der Waals surface area (Å²) in [6.07, 6.45) is 6.25. The van der Waals surface area contributed by atoms with E-state index in [4.69, 9.17) is 4.74 Å². The van der Waals surface area contributed by atoms with Crippen LogP contribution >= 0.6 is 0 Å². The van der Waals surface area contributed by atoms with Crippen LogP contribution in [0.5, 0.6) is 5.75 Å². The second-order valence-corrected chi connectivity index (χ2v) is 5.85. The summed E-state index contributed by atoms with van der Waals surface area (Å²) in [5, 5.41) is 18.7. The highest BCUT2D eigenvalue weighted by Gasteiger charge is 2.23. The third-order valence-electron chi connectivity index (χ3n) is 4.35. The van der Waals surface area contributed by atoms with Gasteiger partial charge in [0.25, 0.3) is 0 Å². The number of nitrogens with zero attached hydrogens (tertiary/aromatic N) is 1. The second-order valence-electron chi connectivity index (χ2n) is 5.85. The van der Waals surface area contributed by atoms with Gasteiger partial charge in [-0.05, 0) is 37.3 Å². The zero-order chi connectivity index (χ0) is 15.2. The normalized spacial score (nSPS) is 19.5. The van der Waals surface area contributed by atoms with Crippen molar-refractivity contribution in [3.8, 4) is 5.75 Å². The van der Waals surface area contributed by atoms with Crippen LogP contribution in [0.4, 0.5) is 0 Å². The van der Waals surface area contributed by atoms with Crippen molar-refractivity contribution in [2.45, 2.75) is 51.6 Å². The number of hydrogen-bond acceptors (Lipinski definition) is 4. The Morgan fingerprint density at radius 3 is 2.81 bits per heavy atom. The summed E-state index contributed by atoms with van der Waals surface area (Å²) < 4.78 is 5.43. The Bertz CT molecular complexity index is 451. The summed E-state index contributed by atoms with van der Waals surface area (Å²) >= 11 is 0. The first kappa shape index (κ1) is 16.3. The summed E-state index contributed by atoms with van der Waals surface area (Å²) in [6, 6.07) is 6.01. The monoisotopic (exact) mass is 291 g/mol. The highest BCUT2D eigenvalue weighted by Crippen LogP contribution is 2.26. The number of benzene rings is 1. The third kappa shape index (κ3) is 4.22. The molecule has 1 aromatic carbocycles. The van der Waals surface area contributed by atoms with E-state index < -0.39 is 7.12 Å². The number of piperidine rings is 1. The molecular weight excluding hydrogens is 265 g/mol. The van der Waals surface area contributed by atoms with Crippen molar-refractivity contribution in [2.24, 2.45) is 0 Å². The van der Waals surface area contributed by atoms with Gasteiger partial charge in [0, 0.05) is 18.2 Å². The molecule has 0 amide bonds. The molecule has 21 heavy (non-hydrogen) atoms. The van der Waals surface area contributed by atoms with Gasteiger partial charge in [-0.2, -0.15) is 0 Å². The Morgan fingerprint density at radius 1 is 1.33 bits per heavy atom. The lowest BCUT2D eigenvalue weighted by Crippen LogP contribution is -2.39. The molecule has 1 fully saturated rings. The Morgan fingerprint density at radius 2 is 2.14 bits per heavy atom. The molecule has 0 radical (unpaired) electrons. The molecule has 1 unspecified atom stereocenters. The van der Waals surface area contributed by atoms with Crippen molar-refractivity contribution in [1.82, 2.24) is 4.90 Å². The first-order valence-electron chi connectivity index (χ1n) is 7.92. The van der Waals surface area contributed by atoms with Crippen LogP contribution in [0.3, 0.4) is 0 Å². The number of likely N-dealkylation sites (tertiary alicyclic amines) is 1. The van der Waals surface area contributed by atoms with Gasteiger partial charge in [-0.25, -0.2) is 0 Å². The molecular formula is C16H26BNO3. The van der Waals surface area contributed by atoms with Crippen LogP contribution in [0.25, 0.3) is 0 Å². The first-order valence-corrected chi connectivity index (χ1v) is 7.92. The van der Waals surface area contributed by atoms with Gasteiger partial charge in [0.1, 0.15) is 5.75 Å². The van der Waals surface area contributed by atoms with Crippen LogP contribution in [0.2, 0.25) is 0 Å². The van der Waals surface area contributed by atoms with Gasteiger partial charge in [-0.1, -0.05) is 31.9 Å². The van der Waals surface area contributed by atoms with E-state index in [1.807, 2.05) is 12.1 Å². The van der Waals surface area contributed by atoms with E-state index in [0.717, 1.165) is 24.4 Å². The van der Waals surface area contributed by atoms with Crippen molar-refractivity contribution < 1.29 is 14.8 Å². The number of hydrogen-bond donors (Lipinski definition) is 2. The highest BCUT2D eigenvalue weighted by molar-refractivity contribution is 6.58. The Kier molecular flexibility index (Phi) is 6.09. The van der Waals surface area contributed by atoms with Crippen LogP contribution in [-0.2, 0) is 6.54 Å². The lowest BCUT2D eigenvalue weighted by atomic mass is 9.79. The van der Waals surface area contributed by atoms with Gasteiger partial charge in [0.05, 0.1) is 7.11 Å². The first-order chi connectivity index (χ1) is 10.2. The van der Waals surface area contributed by atoms with Crippen LogP contribution in [0.15, 0.2) is 18.2 Å². The molecule has 0 aliphatic carbocycles. The summed E-state index contributed by atoms with van der Waals surface area (Å²) in [5.41, 5.74) is 1.56. The van der Waals surface area contributed by atoms with Crippen molar-refractivity contribution in [3.05, 3.63) is 23.8 Å². The molecule has 1 aromatic rings. The fourth-order valence-corrected chi connectivity index (χ4v) is 3.23. The smallest absolute Gasteiger partial charge is 0.488 e. The molecule has 0 aromatic heterocycles. The number of methoxy groups -OCH3 is 1. The molecule has 0 spiro atoms. The van der Waals surface area contributed by atoms with Gasteiger partial charge < -0.3 is 14.8 Å². The van der Waals surface area contributed by atoms with Crippen molar-refractivity contribution >= 4 is 12.6 Å². The van der Waals surface area contributed by atoms with Crippen molar-refractivity contribution in [1.29, 1.82) is 0 Å². The van der Waals surface area contributed by atoms with Crippen molar-refractivity contribution in [3.63, 3.8) is 0 Å². The maximum Gasteiger partial charge on any atom is 0.488 e.